The van der Waals surface area contributed by atoms with Crippen LogP contribution in [0.3, 0.4) is 0 Å². The molecule has 122 valence electrons. The van der Waals surface area contributed by atoms with Gasteiger partial charge in [-0.05, 0) is 36.4 Å². The minimum Gasteiger partial charge on any atom is -0.486 e. The van der Waals surface area contributed by atoms with Crippen molar-refractivity contribution in [1.82, 2.24) is 0 Å². The molecule has 0 N–H and O–H groups in total. The molecule has 2 rings (SSSR count). The van der Waals surface area contributed by atoms with Gasteiger partial charge in [0.1, 0.15) is 12.4 Å². The van der Waals surface area contributed by atoms with E-state index in [1.165, 1.54) is 12.1 Å². The van der Waals surface area contributed by atoms with E-state index in [0.717, 1.165) is 0 Å². The molecule has 0 bridgehead atoms. The fourth-order valence-electron chi connectivity index (χ4n) is 1.82. The molecule has 4 nitrogen and oxygen atoms in total. The second-order valence-electron chi connectivity index (χ2n) is 6.25. The summed E-state index contributed by atoms with van der Waals surface area (Å²) in [7, 11) is -3.53. The summed E-state index contributed by atoms with van der Waals surface area (Å²) >= 11 is 0. The van der Waals surface area contributed by atoms with Crippen LogP contribution in [0.1, 0.15) is 20.8 Å². The van der Waals surface area contributed by atoms with Crippen LogP contribution in [-0.4, -0.2) is 20.8 Å². The van der Waals surface area contributed by atoms with Crippen molar-refractivity contribution < 1.29 is 17.9 Å². The van der Waals surface area contributed by atoms with Crippen molar-refractivity contribution in [1.29, 1.82) is 0 Å². The zero-order valence-corrected chi connectivity index (χ0v) is 14.3. The minimum absolute atomic E-state index is 0.0153. The van der Waals surface area contributed by atoms with Crippen LogP contribution in [0.5, 0.6) is 5.75 Å². The van der Waals surface area contributed by atoms with Gasteiger partial charge in [0.15, 0.2) is 5.78 Å². The summed E-state index contributed by atoms with van der Waals surface area (Å²) in [6, 6.07) is 14.3. The van der Waals surface area contributed by atoms with Gasteiger partial charge in [0.25, 0.3) is 0 Å². The first kappa shape index (κ1) is 17.2. The molecular formula is C18H20O4S. The quantitative estimate of drug-likeness (QED) is 0.840. The molecule has 2 aromatic carbocycles. The number of ether oxygens (including phenoxy) is 1. The Morgan fingerprint density at radius 3 is 1.96 bits per heavy atom. The van der Waals surface area contributed by atoms with E-state index in [-0.39, 0.29) is 22.2 Å². The second-order valence-corrected chi connectivity index (χ2v) is 8.20. The Bertz CT molecular complexity index is 770. The molecule has 0 spiro atoms. The maximum atomic E-state index is 12.4. The number of rotatable bonds is 5. The van der Waals surface area contributed by atoms with Gasteiger partial charge in [-0.1, -0.05) is 39.0 Å². The van der Waals surface area contributed by atoms with E-state index >= 15 is 0 Å². The van der Waals surface area contributed by atoms with Crippen molar-refractivity contribution in [3.63, 3.8) is 0 Å². The van der Waals surface area contributed by atoms with Gasteiger partial charge in [0.2, 0.25) is 9.84 Å². The number of carbonyl (C=O) groups is 1. The standard InChI is InChI=1S/C18H20O4S/c1-18(2,3)17(19)13-22-14-9-11-16(12-10-14)23(20,21)15-7-5-4-6-8-15/h4-12H,13H2,1-3H3. The first-order valence-corrected chi connectivity index (χ1v) is 8.76. The number of sulfone groups is 1. The Morgan fingerprint density at radius 2 is 1.43 bits per heavy atom. The van der Waals surface area contributed by atoms with Crippen LogP contribution >= 0.6 is 0 Å². The summed E-state index contributed by atoms with van der Waals surface area (Å²) in [5.74, 6) is 0.452. The van der Waals surface area contributed by atoms with Crippen LogP contribution in [0.15, 0.2) is 64.4 Å². The fourth-order valence-corrected chi connectivity index (χ4v) is 3.10. The third-order valence-electron chi connectivity index (χ3n) is 3.39. The van der Waals surface area contributed by atoms with Crippen LogP contribution < -0.4 is 4.74 Å². The molecule has 0 aliphatic rings. The van der Waals surface area contributed by atoms with Gasteiger partial charge in [-0.15, -0.1) is 0 Å². The van der Waals surface area contributed by atoms with Crippen LogP contribution in [-0.2, 0) is 14.6 Å². The molecule has 23 heavy (non-hydrogen) atoms. The lowest BCUT2D eigenvalue weighted by molar-refractivity contribution is -0.128. The fraction of sp³-hybridized carbons (Fsp3) is 0.278. The highest BCUT2D eigenvalue weighted by Gasteiger charge is 2.22. The normalized spacial score (nSPS) is 12.0. The van der Waals surface area contributed by atoms with Gasteiger partial charge in [-0.3, -0.25) is 4.79 Å². The zero-order valence-electron chi connectivity index (χ0n) is 13.4. The average Bonchev–Trinajstić information content (AvgIpc) is 2.53. The number of hydrogen-bond donors (Lipinski definition) is 0. The SMILES string of the molecule is CC(C)(C)C(=O)COc1ccc(S(=O)(=O)c2ccccc2)cc1. The van der Waals surface area contributed by atoms with E-state index in [1.807, 2.05) is 20.8 Å². The molecule has 0 aromatic heterocycles. The Balaban J connectivity index is 2.13. The molecule has 0 aliphatic carbocycles. The van der Waals surface area contributed by atoms with Crippen LogP contribution in [0.2, 0.25) is 0 Å². The predicted octanol–water partition coefficient (Wildman–Crippen LogP) is 3.51. The number of Topliss-reactive ketones (excluding diaryl/α,β-unsaturated/α-hetero) is 1. The van der Waals surface area contributed by atoms with Gasteiger partial charge < -0.3 is 4.74 Å². The lowest BCUT2D eigenvalue weighted by atomic mass is 9.91. The lowest BCUT2D eigenvalue weighted by Crippen LogP contribution is -2.26. The zero-order chi connectivity index (χ0) is 17.1. The predicted molar refractivity (Wildman–Crippen MR) is 88.3 cm³/mol. The van der Waals surface area contributed by atoms with Gasteiger partial charge >= 0.3 is 0 Å². The number of carbonyl (C=O) groups excluding carboxylic acids is 1. The van der Waals surface area contributed by atoms with E-state index < -0.39 is 15.3 Å². The Labute approximate surface area is 137 Å². The third-order valence-corrected chi connectivity index (χ3v) is 5.18. The molecule has 0 unspecified atom stereocenters. The highest BCUT2D eigenvalue weighted by molar-refractivity contribution is 7.91. The van der Waals surface area contributed by atoms with Crippen molar-refractivity contribution in [2.45, 2.75) is 30.6 Å². The van der Waals surface area contributed by atoms with Crippen molar-refractivity contribution in [2.75, 3.05) is 6.61 Å². The molecule has 0 heterocycles. The first-order chi connectivity index (χ1) is 10.7. The molecule has 0 saturated heterocycles. The third kappa shape index (κ3) is 4.20. The molecule has 0 aliphatic heterocycles. The summed E-state index contributed by atoms with van der Waals surface area (Å²) in [4.78, 5) is 12.3. The highest BCUT2D eigenvalue weighted by atomic mass is 32.2. The van der Waals surface area contributed by atoms with Gasteiger partial charge in [-0.2, -0.15) is 0 Å². The highest BCUT2D eigenvalue weighted by Crippen LogP contribution is 2.23. The van der Waals surface area contributed by atoms with E-state index in [4.69, 9.17) is 4.74 Å². The van der Waals surface area contributed by atoms with Gasteiger partial charge in [0, 0.05) is 5.41 Å². The molecule has 0 saturated carbocycles. The Hall–Kier alpha value is -2.14. The van der Waals surface area contributed by atoms with Crippen LogP contribution in [0, 0.1) is 5.41 Å². The molecule has 2 aromatic rings. The largest absolute Gasteiger partial charge is 0.486 e. The maximum absolute atomic E-state index is 12.4. The van der Waals surface area contributed by atoms with Gasteiger partial charge in [0.05, 0.1) is 9.79 Å². The summed E-state index contributed by atoms with van der Waals surface area (Å²) in [6.07, 6.45) is 0. The molecule has 0 fully saturated rings. The smallest absolute Gasteiger partial charge is 0.206 e. The van der Waals surface area contributed by atoms with Crippen molar-refractivity contribution in [2.24, 2.45) is 5.41 Å². The van der Waals surface area contributed by atoms with E-state index in [0.29, 0.717) is 5.75 Å². The number of hydrogen-bond acceptors (Lipinski definition) is 4. The van der Waals surface area contributed by atoms with Crippen LogP contribution in [0.4, 0.5) is 0 Å². The summed E-state index contributed by atoms with van der Waals surface area (Å²) in [5.41, 5.74) is -0.462. The van der Waals surface area contributed by atoms with Crippen LogP contribution in [0.25, 0.3) is 0 Å². The maximum Gasteiger partial charge on any atom is 0.206 e. The van der Waals surface area contributed by atoms with E-state index in [9.17, 15) is 13.2 Å². The Morgan fingerprint density at radius 1 is 0.913 bits per heavy atom. The second kappa shape index (κ2) is 6.54. The molecule has 0 atom stereocenters. The Kier molecular flexibility index (Phi) is 4.90. The van der Waals surface area contributed by atoms with Crippen molar-refractivity contribution in [3.05, 3.63) is 54.6 Å². The van der Waals surface area contributed by atoms with E-state index in [1.54, 1.807) is 42.5 Å². The monoisotopic (exact) mass is 332 g/mol. The van der Waals surface area contributed by atoms with E-state index in [2.05, 4.69) is 0 Å². The number of ketones is 1. The molecule has 5 heteroatoms. The topological polar surface area (TPSA) is 60.4 Å². The lowest BCUT2D eigenvalue weighted by Gasteiger charge is -2.16. The van der Waals surface area contributed by atoms with Crippen molar-refractivity contribution in [3.8, 4) is 5.75 Å². The number of benzene rings is 2. The molecular weight excluding hydrogens is 312 g/mol. The summed E-state index contributed by atoms with van der Waals surface area (Å²) < 4.78 is 30.3. The first-order valence-electron chi connectivity index (χ1n) is 7.27. The minimum atomic E-state index is -3.53. The molecule has 0 amide bonds. The summed E-state index contributed by atoms with van der Waals surface area (Å²) in [5, 5.41) is 0. The average molecular weight is 332 g/mol. The molecule has 0 radical (unpaired) electrons. The van der Waals surface area contributed by atoms with Gasteiger partial charge in [-0.25, -0.2) is 8.42 Å². The van der Waals surface area contributed by atoms with Crippen molar-refractivity contribution >= 4 is 15.6 Å². The summed E-state index contributed by atoms with van der Waals surface area (Å²) in [6.45, 7) is 5.45.